The molecule has 21 heteroatoms. The Morgan fingerprint density at radius 3 is 1.87 bits per heavy atom. The summed E-state index contributed by atoms with van der Waals surface area (Å²) in [5, 5.41) is 24.4. The van der Waals surface area contributed by atoms with Crippen LogP contribution in [-0.2, 0) is 25.7 Å². The fourth-order valence-corrected chi connectivity index (χ4v) is 3.91. The van der Waals surface area contributed by atoms with Gasteiger partial charge in [-0.2, -0.15) is 39.5 Å². The minimum Gasteiger partial charge on any atom is -0.492 e. The number of aliphatic carboxylic acids is 3. The number of carboxylic acid groups (broad SMARTS) is 3. The van der Waals surface area contributed by atoms with Gasteiger partial charge >= 0.3 is 36.4 Å². The summed E-state index contributed by atoms with van der Waals surface area (Å²) in [7, 11) is 0. The number of nitrogens with one attached hydrogen (secondary N) is 1. The number of nitrogens with zero attached hydrogens (tertiary/aromatic N) is 3. The van der Waals surface area contributed by atoms with Crippen molar-refractivity contribution in [3.63, 3.8) is 0 Å². The van der Waals surface area contributed by atoms with Crippen molar-refractivity contribution in [1.29, 1.82) is 0 Å². The van der Waals surface area contributed by atoms with Gasteiger partial charge in [-0.25, -0.2) is 14.4 Å². The Kier molecular flexibility index (Phi) is 14.2. The molecule has 46 heavy (non-hydrogen) atoms. The van der Waals surface area contributed by atoms with E-state index in [9.17, 15) is 44.3 Å². The molecule has 0 unspecified atom stereocenters. The monoisotopic (exact) mass is 680 g/mol. The third-order valence-corrected chi connectivity index (χ3v) is 6.05. The molecule has 0 aromatic carbocycles. The molecular formula is C25H25F9N4O8. The van der Waals surface area contributed by atoms with Crippen molar-refractivity contribution < 1.29 is 78.7 Å². The molecule has 2 aromatic heterocycles. The molecule has 2 fully saturated rings. The molecule has 2 saturated heterocycles. The van der Waals surface area contributed by atoms with Crippen LogP contribution >= 0.6 is 0 Å². The van der Waals surface area contributed by atoms with E-state index < -0.39 is 36.4 Å². The summed E-state index contributed by atoms with van der Waals surface area (Å²) in [5.74, 6) is -7.18. The summed E-state index contributed by atoms with van der Waals surface area (Å²) >= 11 is 0. The normalized spacial score (nSPS) is 19.3. The molecule has 2 aliphatic heterocycles. The largest absolute Gasteiger partial charge is 0.492 e. The molecule has 2 atom stereocenters. The first-order valence-corrected chi connectivity index (χ1v) is 12.4. The number of alkyl halides is 9. The highest BCUT2D eigenvalue weighted by molar-refractivity contribution is 5.86. The Balaban J connectivity index is 0.000000413. The zero-order valence-electron chi connectivity index (χ0n) is 23.1. The Labute approximate surface area is 252 Å². The molecule has 256 valence electrons. The molecule has 1 amide bonds. The van der Waals surface area contributed by atoms with Crippen LogP contribution in [0, 0.1) is 11.3 Å². The number of hydrogen-bond donors (Lipinski definition) is 4. The van der Waals surface area contributed by atoms with Gasteiger partial charge < -0.3 is 25.4 Å². The van der Waals surface area contributed by atoms with Crippen molar-refractivity contribution in [3.8, 4) is 5.75 Å². The van der Waals surface area contributed by atoms with Crippen LogP contribution in [-0.4, -0.2) is 98.8 Å². The molecule has 4 rings (SSSR count). The van der Waals surface area contributed by atoms with Crippen molar-refractivity contribution >= 4 is 23.8 Å². The van der Waals surface area contributed by atoms with Gasteiger partial charge in [-0.1, -0.05) is 6.07 Å². The second kappa shape index (κ2) is 16.6. The number of rotatable bonds is 5. The zero-order chi connectivity index (χ0) is 35.3. The van der Waals surface area contributed by atoms with Crippen molar-refractivity contribution in [2.45, 2.75) is 31.5 Å². The Morgan fingerprint density at radius 2 is 1.43 bits per heavy atom. The second-order valence-electron chi connectivity index (χ2n) is 9.25. The van der Waals surface area contributed by atoms with E-state index in [4.69, 9.17) is 34.4 Å². The number of carbonyl (C=O) groups is 4. The number of amides is 1. The van der Waals surface area contributed by atoms with Crippen molar-refractivity contribution in [3.05, 3.63) is 54.6 Å². The van der Waals surface area contributed by atoms with Crippen LogP contribution in [0.25, 0.3) is 0 Å². The summed E-state index contributed by atoms with van der Waals surface area (Å²) in [6.07, 6.45) is -9.14. The Hall–Kier alpha value is -4.69. The molecule has 4 heterocycles. The van der Waals surface area contributed by atoms with Gasteiger partial charge in [0.1, 0.15) is 5.75 Å². The first-order valence-electron chi connectivity index (χ1n) is 12.4. The van der Waals surface area contributed by atoms with Crippen LogP contribution in [0.2, 0.25) is 0 Å². The predicted octanol–water partition coefficient (Wildman–Crippen LogP) is 3.39. The molecule has 12 nitrogen and oxygen atoms in total. The van der Waals surface area contributed by atoms with E-state index in [0.717, 1.165) is 37.5 Å². The molecule has 1 spiro atoms. The topological polar surface area (TPSA) is 179 Å². The van der Waals surface area contributed by atoms with Crippen LogP contribution in [0.15, 0.2) is 48.9 Å². The summed E-state index contributed by atoms with van der Waals surface area (Å²) in [6.45, 7) is 3.66. The van der Waals surface area contributed by atoms with Gasteiger partial charge in [-0.15, -0.1) is 0 Å². The first-order chi connectivity index (χ1) is 21.1. The SMILES string of the molecule is O=C(O)C(F)(F)F.O=C(O)C(F)(F)F.O=C(O)C(F)(F)F.O=C1NC[C@@H](COc2cccnc2)[C@]12CCN(Cc1ccccn1)C2. The molecule has 2 aliphatic rings. The van der Waals surface area contributed by atoms with E-state index in [2.05, 4.69) is 20.2 Å². The fourth-order valence-electron chi connectivity index (χ4n) is 3.91. The number of carboxylic acids is 3. The van der Waals surface area contributed by atoms with Crippen molar-refractivity contribution in [2.24, 2.45) is 11.3 Å². The van der Waals surface area contributed by atoms with E-state index in [-0.39, 0.29) is 17.2 Å². The number of hydrogen-bond acceptors (Lipinski definition) is 8. The Morgan fingerprint density at radius 1 is 0.891 bits per heavy atom. The summed E-state index contributed by atoms with van der Waals surface area (Å²) in [5.41, 5.74) is 0.692. The van der Waals surface area contributed by atoms with E-state index in [1.54, 1.807) is 12.4 Å². The van der Waals surface area contributed by atoms with Crippen LogP contribution < -0.4 is 10.1 Å². The summed E-state index contributed by atoms with van der Waals surface area (Å²) < 4.78 is 101. The standard InChI is InChI=1S/C19H22N4O2.3C2HF3O2/c24-18-19(6-9-23(14-19)12-16-4-1-2-8-21-16)15(10-22-18)13-25-17-5-3-7-20-11-17;3*3-2(4,5)1(6)7/h1-5,7-8,11,15H,6,9-10,12-14H2,(H,22,24);3*(H,6,7)/t15-,19+;;;/m0.../s1. The average Bonchev–Trinajstić information content (AvgIpc) is 3.51. The molecule has 2 aromatic rings. The van der Waals surface area contributed by atoms with Gasteiger partial charge in [-0.05, 0) is 37.2 Å². The van der Waals surface area contributed by atoms with Gasteiger partial charge in [0.05, 0.1) is 23.9 Å². The van der Waals surface area contributed by atoms with Crippen molar-refractivity contribution in [2.75, 3.05) is 26.2 Å². The quantitative estimate of drug-likeness (QED) is 0.340. The van der Waals surface area contributed by atoms with Crippen molar-refractivity contribution in [1.82, 2.24) is 20.2 Å². The van der Waals surface area contributed by atoms with Gasteiger partial charge in [0.15, 0.2) is 0 Å². The molecule has 0 aliphatic carbocycles. The average molecular weight is 680 g/mol. The van der Waals surface area contributed by atoms with Gasteiger partial charge in [0.2, 0.25) is 5.91 Å². The molecule has 0 saturated carbocycles. The zero-order valence-corrected chi connectivity index (χ0v) is 23.1. The highest BCUT2D eigenvalue weighted by atomic mass is 19.4. The van der Waals surface area contributed by atoms with Crippen LogP contribution in [0.4, 0.5) is 39.5 Å². The number of likely N-dealkylation sites (tertiary alicyclic amines) is 1. The predicted molar refractivity (Wildman–Crippen MR) is 134 cm³/mol. The van der Waals surface area contributed by atoms with Gasteiger partial charge in [0.25, 0.3) is 0 Å². The van der Waals surface area contributed by atoms with E-state index in [1.807, 2.05) is 36.5 Å². The lowest BCUT2D eigenvalue weighted by Crippen LogP contribution is -2.40. The minimum atomic E-state index is -5.08. The third-order valence-electron chi connectivity index (χ3n) is 6.05. The Bertz CT molecular complexity index is 1240. The summed E-state index contributed by atoms with van der Waals surface area (Å²) in [6, 6.07) is 9.70. The maximum Gasteiger partial charge on any atom is 0.490 e. The van der Waals surface area contributed by atoms with Gasteiger partial charge in [0, 0.05) is 37.9 Å². The lowest BCUT2D eigenvalue weighted by molar-refractivity contribution is -0.193. The number of aromatic nitrogens is 2. The maximum atomic E-state index is 12.6. The van der Waals surface area contributed by atoms with E-state index in [1.165, 1.54) is 0 Å². The molecular weight excluding hydrogens is 655 g/mol. The van der Waals surface area contributed by atoms with Gasteiger partial charge in [-0.3, -0.25) is 19.7 Å². The number of halogens is 9. The van der Waals surface area contributed by atoms with E-state index >= 15 is 0 Å². The lowest BCUT2D eigenvalue weighted by Gasteiger charge is -2.28. The maximum absolute atomic E-state index is 12.6. The highest BCUT2D eigenvalue weighted by Crippen LogP contribution is 2.42. The first kappa shape index (κ1) is 39.3. The van der Waals surface area contributed by atoms with Crippen LogP contribution in [0.3, 0.4) is 0 Å². The third kappa shape index (κ3) is 13.1. The number of ether oxygens (including phenoxy) is 1. The molecule has 0 radical (unpaired) electrons. The van der Waals surface area contributed by atoms with Crippen LogP contribution in [0.5, 0.6) is 5.75 Å². The summed E-state index contributed by atoms with van der Waals surface area (Å²) in [4.78, 5) is 50.1. The van der Waals surface area contributed by atoms with E-state index in [0.29, 0.717) is 13.2 Å². The number of carbonyl (C=O) groups excluding carboxylic acids is 1. The van der Waals surface area contributed by atoms with Crippen LogP contribution in [0.1, 0.15) is 12.1 Å². The minimum absolute atomic E-state index is 0.163. The highest BCUT2D eigenvalue weighted by Gasteiger charge is 2.54. The smallest absolute Gasteiger partial charge is 0.490 e. The second-order valence-corrected chi connectivity index (χ2v) is 9.25. The molecule has 4 N–H and O–H groups in total. The fraction of sp³-hybridized carbons (Fsp3) is 0.440. The molecule has 0 bridgehead atoms. The number of pyridine rings is 2. The lowest BCUT2D eigenvalue weighted by atomic mass is 9.77.